The number of benzene rings is 1. The summed E-state index contributed by atoms with van der Waals surface area (Å²) in [6.07, 6.45) is 9.95. The predicted molar refractivity (Wildman–Crippen MR) is 63.1 cm³/mol. The molecule has 0 heterocycles. The largest absolute Gasteiger partial charge is 0.120 e. The molecule has 0 N–H and O–H groups in total. The van der Waals surface area contributed by atoms with Crippen molar-refractivity contribution in [1.29, 1.82) is 0 Å². The zero-order valence-corrected chi connectivity index (χ0v) is 9.68. The third-order valence-electron chi connectivity index (χ3n) is 3.06. The van der Waals surface area contributed by atoms with Crippen LogP contribution >= 0.6 is 15.9 Å². The number of hydrogen-bond donors (Lipinski definition) is 0. The summed E-state index contributed by atoms with van der Waals surface area (Å²) in [5.41, 5.74) is 1.88. The van der Waals surface area contributed by atoms with Gasteiger partial charge in [-0.15, -0.1) is 12.3 Å². The molecule has 0 spiro atoms. The van der Waals surface area contributed by atoms with E-state index in [2.05, 4.69) is 46.1 Å². The van der Waals surface area contributed by atoms with Crippen LogP contribution in [0.1, 0.15) is 31.2 Å². The standard InChI is InChI=1S/C13H13Br/c1-2-3-8-13(9-10-13)11-4-6-12(14)7-5-11/h1,4-7H,3,8-10H2. The molecule has 14 heavy (non-hydrogen) atoms. The van der Waals surface area contributed by atoms with Crippen molar-refractivity contribution in [3.8, 4) is 12.3 Å². The molecular formula is C13H13Br. The molecule has 1 aliphatic rings. The SMILES string of the molecule is C#CCCC1(c2ccc(Br)cc2)CC1. The fourth-order valence-corrected chi connectivity index (χ4v) is 2.21. The van der Waals surface area contributed by atoms with Crippen LogP contribution in [0.2, 0.25) is 0 Å². The van der Waals surface area contributed by atoms with Gasteiger partial charge in [0.1, 0.15) is 0 Å². The van der Waals surface area contributed by atoms with Gasteiger partial charge in [0.15, 0.2) is 0 Å². The summed E-state index contributed by atoms with van der Waals surface area (Å²) in [5.74, 6) is 2.74. The van der Waals surface area contributed by atoms with Crippen LogP contribution in [0, 0.1) is 12.3 Å². The van der Waals surface area contributed by atoms with E-state index in [1.165, 1.54) is 18.4 Å². The van der Waals surface area contributed by atoms with Crippen molar-refractivity contribution in [2.45, 2.75) is 31.1 Å². The Morgan fingerprint density at radius 2 is 1.93 bits per heavy atom. The quantitative estimate of drug-likeness (QED) is 0.713. The highest BCUT2D eigenvalue weighted by Gasteiger charge is 2.43. The van der Waals surface area contributed by atoms with E-state index in [0.29, 0.717) is 5.41 Å². The van der Waals surface area contributed by atoms with Crippen LogP contribution in [0.4, 0.5) is 0 Å². The Labute approximate surface area is 93.8 Å². The number of terminal acetylenes is 1. The molecular weight excluding hydrogens is 236 g/mol. The monoisotopic (exact) mass is 248 g/mol. The van der Waals surface area contributed by atoms with Crippen molar-refractivity contribution >= 4 is 15.9 Å². The third kappa shape index (κ3) is 1.86. The smallest absolute Gasteiger partial charge is 0.0175 e. The average Bonchev–Trinajstić information content (AvgIpc) is 2.97. The minimum atomic E-state index is 0.424. The maximum atomic E-state index is 5.31. The molecule has 72 valence electrons. The van der Waals surface area contributed by atoms with Gasteiger partial charge in [-0.25, -0.2) is 0 Å². The Balaban J connectivity index is 2.15. The molecule has 0 saturated heterocycles. The van der Waals surface area contributed by atoms with E-state index >= 15 is 0 Å². The Bertz CT molecular complexity index is 352. The van der Waals surface area contributed by atoms with E-state index < -0.39 is 0 Å². The molecule has 1 fully saturated rings. The Morgan fingerprint density at radius 1 is 1.29 bits per heavy atom. The van der Waals surface area contributed by atoms with Crippen LogP contribution in [-0.2, 0) is 5.41 Å². The molecule has 1 heteroatoms. The normalized spacial score (nSPS) is 17.4. The van der Waals surface area contributed by atoms with Gasteiger partial charge < -0.3 is 0 Å². The lowest BCUT2D eigenvalue weighted by Gasteiger charge is -2.13. The summed E-state index contributed by atoms with van der Waals surface area (Å²) >= 11 is 3.45. The number of halogens is 1. The highest BCUT2D eigenvalue weighted by Crippen LogP contribution is 2.51. The summed E-state index contributed by atoms with van der Waals surface area (Å²) in [6, 6.07) is 8.66. The molecule has 0 bridgehead atoms. The second-order valence-corrected chi connectivity index (χ2v) is 4.91. The van der Waals surface area contributed by atoms with Crippen molar-refractivity contribution in [3.05, 3.63) is 34.3 Å². The van der Waals surface area contributed by atoms with Crippen molar-refractivity contribution < 1.29 is 0 Å². The summed E-state index contributed by atoms with van der Waals surface area (Å²) in [6.45, 7) is 0. The highest BCUT2D eigenvalue weighted by atomic mass is 79.9. The van der Waals surface area contributed by atoms with Gasteiger partial charge >= 0.3 is 0 Å². The zero-order valence-electron chi connectivity index (χ0n) is 8.09. The Hall–Kier alpha value is -0.740. The topological polar surface area (TPSA) is 0 Å². The number of rotatable bonds is 3. The summed E-state index contributed by atoms with van der Waals surface area (Å²) in [4.78, 5) is 0. The van der Waals surface area contributed by atoms with E-state index in [0.717, 1.165) is 17.3 Å². The fourth-order valence-electron chi connectivity index (χ4n) is 1.95. The Kier molecular flexibility index (Phi) is 2.65. The molecule has 0 radical (unpaired) electrons. The number of hydrogen-bond acceptors (Lipinski definition) is 0. The van der Waals surface area contributed by atoms with Crippen LogP contribution in [0.25, 0.3) is 0 Å². The molecule has 0 amide bonds. The van der Waals surface area contributed by atoms with E-state index in [-0.39, 0.29) is 0 Å². The van der Waals surface area contributed by atoms with Gasteiger partial charge in [-0.3, -0.25) is 0 Å². The molecule has 1 aromatic rings. The molecule has 0 aliphatic heterocycles. The minimum absolute atomic E-state index is 0.424. The van der Waals surface area contributed by atoms with Gasteiger partial charge in [-0.2, -0.15) is 0 Å². The molecule has 1 aromatic carbocycles. The third-order valence-corrected chi connectivity index (χ3v) is 3.59. The van der Waals surface area contributed by atoms with Crippen molar-refractivity contribution in [2.24, 2.45) is 0 Å². The summed E-state index contributed by atoms with van der Waals surface area (Å²) in [5, 5.41) is 0. The average molecular weight is 249 g/mol. The van der Waals surface area contributed by atoms with Gasteiger partial charge in [0.2, 0.25) is 0 Å². The van der Waals surface area contributed by atoms with Crippen LogP contribution in [-0.4, -0.2) is 0 Å². The lowest BCUT2D eigenvalue weighted by atomic mass is 9.91. The van der Waals surface area contributed by atoms with Crippen molar-refractivity contribution in [3.63, 3.8) is 0 Å². The first-order valence-electron chi connectivity index (χ1n) is 4.96. The van der Waals surface area contributed by atoms with E-state index in [9.17, 15) is 0 Å². The Morgan fingerprint density at radius 3 is 2.43 bits per heavy atom. The molecule has 0 unspecified atom stereocenters. The molecule has 2 rings (SSSR count). The fraction of sp³-hybridized carbons (Fsp3) is 0.385. The first-order chi connectivity index (χ1) is 6.77. The van der Waals surface area contributed by atoms with E-state index in [1.54, 1.807) is 0 Å². The first-order valence-corrected chi connectivity index (χ1v) is 5.76. The molecule has 0 aromatic heterocycles. The molecule has 1 saturated carbocycles. The van der Waals surface area contributed by atoms with Crippen LogP contribution in [0.3, 0.4) is 0 Å². The van der Waals surface area contributed by atoms with Crippen LogP contribution in [0.5, 0.6) is 0 Å². The molecule has 0 atom stereocenters. The van der Waals surface area contributed by atoms with Crippen molar-refractivity contribution in [1.82, 2.24) is 0 Å². The highest BCUT2D eigenvalue weighted by molar-refractivity contribution is 9.10. The van der Waals surface area contributed by atoms with Gasteiger partial charge in [0.05, 0.1) is 0 Å². The van der Waals surface area contributed by atoms with Gasteiger partial charge in [0.25, 0.3) is 0 Å². The first kappa shape index (κ1) is 9.80. The predicted octanol–water partition coefficient (Wildman–Crippen LogP) is 3.89. The van der Waals surface area contributed by atoms with Gasteiger partial charge in [-0.05, 0) is 42.4 Å². The second-order valence-electron chi connectivity index (χ2n) is 3.99. The van der Waals surface area contributed by atoms with Crippen LogP contribution < -0.4 is 0 Å². The lowest BCUT2D eigenvalue weighted by Crippen LogP contribution is -2.05. The van der Waals surface area contributed by atoms with E-state index in [4.69, 9.17) is 6.42 Å². The molecule has 1 aliphatic carbocycles. The molecule has 0 nitrogen and oxygen atoms in total. The van der Waals surface area contributed by atoms with Gasteiger partial charge in [-0.1, -0.05) is 28.1 Å². The minimum Gasteiger partial charge on any atom is -0.120 e. The van der Waals surface area contributed by atoms with E-state index in [1.807, 2.05) is 0 Å². The maximum Gasteiger partial charge on any atom is 0.0175 e. The summed E-state index contributed by atoms with van der Waals surface area (Å²) < 4.78 is 1.15. The second kappa shape index (κ2) is 3.79. The van der Waals surface area contributed by atoms with Crippen molar-refractivity contribution in [2.75, 3.05) is 0 Å². The maximum absolute atomic E-state index is 5.31. The zero-order chi connectivity index (χ0) is 10.0. The van der Waals surface area contributed by atoms with Crippen LogP contribution in [0.15, 0.2) is 28.7 Å². The van der Waals surface area contributed by atoms with Gasteiger partial charge in [0, 0.05) is 10.9 Å². The summed E-state index contributed by atoms with van der Waals surface area (Å²) in [7, 11) is 0. The lowest BCUT2D eigenvalue weighted by molar-refractivity contribution is 0.634.